The minimum atomic E-state index is -0.294. The molecule has 0 aliphatic carbocycles. The molecule has 0 rings (SSSR count). The highest BCUT2D eigenvalue weighted by molar-refractivity contribution is 5.68. The van der Waals surface area contributed by atoms with Crippen LogP contribution in [0.15, 0.2) is 0 Å². The van der Waals surface area contributed by atoms with E-state index in [-0.39, 0.29) is 12.1 Å². The van der Waals surface area contributed by atoms with Crippen LogP contribution in [0, 0.1) is 0 Å². The average molecular weight is 331 g/mol. The van der Waals surface area contributed by atoms with Gasteiger partial charge in [-0.3, -0.25) is 4.89 Å². The second-order valence-electron chi connectivity index (χ2n) is 6.49. The molecule has 0 spiro atoms. The molecular formula is C19H38O4. The van der Waals surface area contributed by atoms with E-state index in [1.165, 1.54) is 45.6 Å². The summed E-state index contributed by atoms with van der Waals surface area (Å²) < 4.78 is 0. The van der Waals surface area contributed by atoms with Crippen LogP contribution in [-0.4, -0.2) is 24.3 Å². The Morgan fingerprint density at radius 3 is 1.83 bits per heavy atom. The number of rotatable bonds is 17. The van der Waals surface area contributed by atoms with Crippen molar-refractivity contribution in [2.75, 3.05) is 7.11 Å². The fourth-order valence-electron chi connectivity index (χ4n) is 2.80. The van der Waals surface area contributed by atoms with E-state index in [9.17, 15) is 9.90 Å². The third-order valence-electron chi connectivity index (χ3n) is 4.24. The second kappa shape index (κ2) is 17.7. The fraction of sp³-hybridized carbons (Fsp3) is 0.947. The van der Waals surface area contributed by atoms with Gasteiger partial charge in [0.1, 0.15) is 0 Å². The van der Waals surface area contributed by atoms with Gasteiger partial charge in [0.15, 0.2) is 0 Å². The van der Waals surface area contributed by atoms with Crippen molar-refractivity contribution in [2.24, 2.45) is 0 Å². The molecule has 0 aliphatic rings. The SMILES string of the molecule is CCCCCCCCCC(O)CCCCCCCC(=O)OOC. The monoisotopic (exact) mass is 330 g/mol. The Morgan fingerprint density at radius 1 is 0.826 bits per heavy atom. The van der Waals surface area contributed by atoms with Gasteiger partial charge in [-0.2, -0.15) is 4.89 Å². The number of aliphatic hydroxyl groups is 1. The topological polar surface area (TPSA) is 55.8 Å². The quantitative estimate of drug-likeness (QED) is 0.223. The summed E-state index contributed by atoms with van der Waals surface area (Å²) in [7, 11) is 1.34. The molecule has 0 heterocycles. The molecule has 1 N–H and O–H groups in total. The summed E-state index contributed by atoms with van der Waals surface area (Å²) >= 11 is 0. The van der Waals surface area contributed by atoms with E-state index < -0.39 is 0 Å². The van der Waals surface area contributed by atoms with E-state index in [0.717, 1.165) is 51.4 Å². The second-order valence-corrected chi connectivity index (χ2v) is 6.49. The Bertz CT molecular complexity index is 256. The van der Waals surface area contributed by atoms with Crippen molar-refractivity contribution in [3.05, 3.63) is 0 Å². The van der Waals surface area contributed by atoms with Gasteiger partial charge in [-0.1, -0.05) is 77.6 Å². The summed E-state index contributed by atoms with van der Waals surface area (Å²) in [6, 6.07) is 0. The van der Waals surface area contributed by atoms with E-state index in [2.05, 4.69) is 16.7 Å². The highest BCUT2D eigenvalue weighted by Crippen LogP contribution is 2.14. The number of carbonyl (C=O) groups is 1. The lowest BCUT2D eigenvalue weighted by Crippen LogP contribution is -2.06. The van der Waals surface area contributed by atoms with Gasteiger partial charge < -0.3 is 5.11 Å². The first-order valence-corrected chi connectivity index (χ1v) is 9.62. The van der Waals surface area contributed by atoms with E-state index >= 15 is 0 Å². The third kappa shape index (κ3) is 17.6. The zero-order valence-corrected chi connectivity index (χ0v) is 15.4. The van der Waals surface area contributed by atoms with Crippen LogP contribution in [0.5, 0.6) is 0 Å². The highest BCUT2D eigenvalue weighted by Gasteiger charge is 2.05. The van der Waals surface area contributed by atoms with Crippen molar-refractivity contribution in [1.29, 1.82) is 0 Å². The van der Waals surface area contributed by atoms with Crippen molar-refractivity contribution >= 4 is 5.97 Å². The highest BCUT2D eigenvalue weighted by atomic mass is 17.2. The number of hydrogen-bond acceptors (Lipinski definition) is 4. The lowest BCUT2D eigenvalue weighted by molar-refractivity contribution is -0.255. The largest absolute Gasteiger partial charge is 0.393 e. The van der Waals surface area contributed by atoms with Crippen molar-refractivity contribution in [2.45, 2.75) is 109 Å². The molecule has 4 nitrogen and oxygen atoms in total. The first kappa shape index (κ1) is 22.4. The predicted octanol–water partition coefficient (Wildman–Crippen LogP) is 5.32. The van der Waals surface area contributed by atoms with Crippen molar-refractivity contribution in [3.8, 4) is 0 Å². The van der Waals surface area contributed by atoms with E-state index in [0.29, 0.717) is 6.42 Å². The van der Waals surface area contributed by atoms with Gasteiger partial charge >= 0.3 is 5.97 Å². The minimum Gasteiger partial charge on any atom is -0.393 e. The number of aliphatic hydroxyl groups excluding tert-OH is 1. The van der Waals surface area contributed by atoms with Gasteiger partial charge in [0.2, 0.25) is 0 Å². The molecule has 0 aromatic heterocycles. The summed E-state index contributed by atoms with van der Waals surface area (Å²) in [5.41, 5.74) is 0. The molecule has 1 unspecified atom stereocenters. The summed E-state index contributed by atoms with van der Waals surface area (Å²) in [6.45, 7) is 2.24. The van der Waals surface area contributed by atoms with Crippen LogP contribution in [0.1, 0.15) is 103 Å². The summed E-state index contributed by atoms with van der Waals surface area (Å²) in [5.74, 6) is -0.294. The van der Waals surface area contributed by atoms with Crippen LogP contribution < -0.4 is 0 Å². The molecule has 0 amide bonds. The predicted molar refractivity (Wildman–Crippen MR) is 94.0 cm³/mol. The number of carbonyl (C=O) groups excluding carboxylic acids is 1. The molecule has 0 aliphatic heterocycles. The van der Waals surface area contributed by atoms with Crippen LogP contribution >= 0.6 is 0 Å². The number of unbranched alkanes of at least 4 members (excludes halogenated alkanes) is 10. The van der Waals surface area contributed by atoms with Crippen LogP contribution in [0.4, 0.5) is 0 Å². The van der Waals surface area contributed by atoms with Gasteiger partial charge in [-0.05, 0) is 19.3 Å². The molecule has 0 bridgehead atoms. The van der Waals surface area contributed by atoms with Crippen LogP contribution in [0.2, 0.25) is 0 Å². The van der Waals surface area contributed by atoms with Gasteiger partial charge in [0, 0.05) is 6.42 Å². The molecule has 0 fully saturated rings. The van der Waals surface area contributed by atoms with E-state index in [1.807, 2.05) is 0 Å². The van der Waals surface area contributed by atoms with Crippen molar-refractivity contribution in [3.63, 3.8) is 0 Å². The maximum Gasteiger partial charge on any atom is 0.342 e. The molecule has 0 radical (unpaired) electrons. The van der Waals surface area contributed by atoms with Crippen LogP contribution in [0.25, 0.3) is 0 Å². The average Bonchev–Trinajstić information content (AvgIpc) is 2.53. The smallest absolute Gasteiger partial charge is 0.342 e. The summed E-state index contributed by atoms with van der Waals surface area (Å²) in [5, 5.41) is 9.95. The van der Waals surface area contributed by atoms with Crippen LogP contribution in [0.3, 0.4) is 0 Å². The molecule has 0 saturated carbocycles. The molecule has 138 valence electrons. The molecule has 0 aromatic rings. The van der Waals surface area contributed by atoms with Gasteiger partial charge in [-0.15, -0.1) is 0 Å². The zero-order valence-electron chi connectivity index (χ0n) is 15.4. The lowest BCUT2D eigenvalue weighted by Gasteiger charge is -2.10. The van der Waals surface area contributed by atoms with Gasteiger partial charge in [-0.25, -0.2) is 4.79 Å². The normalized spacial score (nSPS) is 12.3. The van der Waals surface area contributed by atoms with E-state index in [4.69, 9.17) is 0 Å². The fourth-order valence-corrected chi connectivity index (χ4v) is 2.80. The van der Waals surface area contributed by atoms with Crippen molar-refractivity contribution in [1.82, 2.24) is 0 Å². The molecule has 0 saturated heterocycles. The molecule has 0 aromatic carbocycles. The first-order valence-electron chi connectivity index (χ1n) is 9.62. The van der Waals surface area contributed by atoms with Crippen LogP contribution in [-0.2, 0) is 14.6 Å². The Kier molecular flexibility index (Phi) is 17.3. The number of hydrogen-bond donors (Lipinski definition) is 1. The Hall–Kier alpha value is -0.610. The maximum atomic E-state index is 11.0. The maximum absolute atomic E-state index is 11.0. The van der Waals surface area contributed by atoms with Gasteiger partial charge in [0.05, 0.1) is 13.2 Å². The lowest BCUT2D eigenvalue weighted by atomic mass is 10.0. The summed E-state index contributed by atoms with van der Waals surface area (Å²) in [4.78, 5) is 19.8. The Morgan fingerprint density at radius 2 is 1.30 bits per heavy atom. The summed E-state index contributed by atoms with van der Waals surface area (Å²) in [6.07, 6.45) is 16.5. The van der Waals surface area contributed by atoms with E-state index in [1.54, 1.807) is 0 Å². The Balaban J connectivity index is 3.21. The van der Waals surface area contributed by atoms with Crippen molar-refractivity contribution < 1.29 is 19.7 Å². The third-order valence-corrected chi connectivity index (χ3v) is 4.24. The molecule has 4 heteroatoms. The molecule has 23 heavy (non-hydrogen) atoms. The molecule has 1 atom stereocenters. The standard InChI is InChI=1S/C19H38O4/c1-3-4-5-6-7-9-12-15-18(20)16-13-10-8-11-14-17-19(21)23-22-2/h18,20H,3-17H2,1-2H3. The zero-order chi connectivity index (χ0) is 17.2. The molecular weight excluding hydrogens is 292 g/mol. The Labute approximate surface area is 142 Å². The first-order chi connectivity index (χ1) is 11.2. The minimum absolute atomic E-state index is 0.123. The van der Waals surface area contributed by atoms with Gasteiger partial charge in [0.25, 0.3) is 0 Å².